The predicted octanol–water partition coefficient (Wildman–Crippen LogP) is 4.84. The van der Waals surface area contributed by atoms with E-state index in [1.165, 1.54) is 0 Å². The molecule has 4 aromatic carbocycles. The Hall–Kier alpha value is -3.45. The molecular weight excluding hydrogens is 535 g/mol. The molecule has 0 aromatic heterocycles. The molecule has 0 spiro atoms. The van der Waals surface area contributed by atoms with Crippen molar-refractivity contribution in [1.29, 1.82) is 0 Å². The van der Waals surface area contributed by atoms with Gasteiger partial charge >= 0.3 is 0 Å². The maximum absolute atomic E-state index is 14.3. The van der Waals surface area contributed by atoms with Crippen LogP contribution in [0, 0.1) is 3.57 Å². The fourth-order valence-electron chi connectivity index (χ4n) is 4.30. The number of carbonyl (C=O) groups is 2. The van der Waals surface area contributed by atoms with E-state index in [0.717, 1.165) is 25.8 Å². The fourth-order valence-corrected chi connectivity index (χ4v) is 4.66. The summed E-state index contributed by atoms with van der Waals surface area (Å²) in [7, 11) is 0. The predicted molar refractivity (Wildman–Crippen MR) is 143 cm³/mol. The van der Waals surface area contributed by atoms with E-state index < -0.39 is 17.4 Å². The molecule has 0 aliphatic carbocycles. The largest absolute Gasteiger partial charge is 0.368 e. The van der Waals surface area contributed by atoms with Gasteiger partial charge in [0.05, 0.1) is 0 Å². The van der Waals surface area contributed by atoms with Crippen LogP contribution in [0.4, 0.5) is 0 Å². The molecule has 0 radical (unpaired) electrons. The second kappa shape index (κ2) is 10.7. The molecule has 170 valence electrons. The minimum absolute atomic E-state index is 0.301. The maximum Gasteiger partial charge on any atom is 0.240 e. The zero-order chi connectivity index (χ0) is 24.0. The van der Waals surface area contributed by atoms with Gasteiger partial charge in [-0.2, -0.15) is 0 Å². The molecule has 2 amide bonds. The minimum Gasteiger partial charge on any atom is -0.368 e. The molecule has 0 unspecified atom stereocenters. The summed E-state index contributed by atoms with van der Waals surface area (Å²) in [5, 5.41) is 3.00. The molecule has 1 atom stereocenters. The third-order valence-corrected chi connectivity index (χ3v) is 6.68. The molecule has 4 nitrogen and oxygen atoms in total. The molecule has 0 fully saturated rings. The van der Waals surface area contributed by atoms with E-state index in [1.807, 2.05) is 115 Å². The van der Waals surface area contributed by atoms with E-state index >= 15 is 0 Å². The molecule has 34 heavy (non-hydrogen) atoms. The van der Waals surface area contributed by atoms with E-state index in [0.29, 0.717) is 6.42 Å². The monoisotopic (exact) mass is 560 g/mol. The van der Waals surface area contributed by atoms with Crippen LogP contribution in [0.3, 0.4) is 0 Å². The van der Waals surface area contributed by atoms with Crippen molar-refractivity contribution in [2.75, 3.05) is 0 Å². The highest BCUT2D eigenvalue weighted by molar-refractivity contribution is 14.1. The highest BCUT2D eigenvalue weighted by Crippen LogP contribution is 2.39. The van der Waals surface area contributed by atoms with Crippen molar-refractivity contribution >= 4 is 34.4 Å². The highest BCUT2D eigenvalue weighted by atomic mass is 127. The lowest BCUT2D eigenvalue weighted by Gasteiger charge is -2.35. The van der Waals surface area contributed by atoms with Gasteiger partial charge in [-0.3, -0.25) is 9.59 Å². The van der Waals surface area contributed by atoms with E-state index in [-0.39, 0.29) is 5.91 Å². The third kappa shape index (κ3) is 4.89. The quantitative estimate of drug-likeness (QED) is 0.239. The zero-order valence-electron chi connectivity index (χ0n) is 18.5. The first-order valence-electron chi connectivity index (χ1n) is 11.0. The number of rotatable bonds is 8. The molecule has 4 aromatic rings. The Labute approximate surface area is 213 Å². The summed E-state index contributed by atoms with van der Waals surface area (Å²) in [5.41, 5.74) is 7.95. The molecule has 0 aliphatic rings. The van der Waals surface area contributed by atoms with Crippen molar-refractivity contribution in [2.24, 2.45) is 5.73 Å². The van der Waals surface area contributed by atoms with E-state index in [2.05, 4.69) is 27.9 Å². The van der Waals surface area contributed by atoms with Gasteiger partial charge in [0.2, 0.25) is 11.8 Å². The smallest absolute Gasteiger partial charge is 0.240 e. The molecule has 0 bridgehead atoms. The number of nitrogens with one attached hydrogen (secondary N) is 1. The zero-order valence-corrected chi connectivity index (χ0v) is 20.7. The van der Waals surface area contributed by atoms with Gasteiger partial charge in [0, 0.05) is 9.99 Å². The average Bonchev–Trinajstić information content (AvgIpc) is 2.87. The normalized spacial score (nSPS) is 12.0. The van der Waals surface area contributed by atoms with Crippen LogP contribution >= 0.6 is 22.6 Å². The molecule has 0 heterocycles. The number of hydrogen-bond donors (Lipinski definition) is 2. The summed E-state index contributed by atoms with van der Waals surface area (Å²) in [5.74, 6) is -0.875. The Morgan fingerprint density at radius 2 is 1.12 bits per heavy atom. The van der Waals surface area contributed by atoms with Crippen molar-refractivity contribution < 1.29 is 9.59 Å². The fraction of sp³-hybridized carbons (Fsp3) is 0.103. The lowest BCUT2D eigenvalue weighted by molar-refractivity contribution is -0.129. The summed E-state index contributed by atoms with van der Waals surface area (Å²) in [6.45, 7) is 0. The summed E-state index contributed by atoms with van der Waals surface area (Å²) in [6, 6.07) is 35.9. The van der Waals surface area contributed by atoms with Crippen LogP contribution in [-0.4, -0.2) is 17.9 Å². The summed E-state index contributed by atoms with van der Waals surface area (Å²) in [6.07, 6.45) is 0.312. The summed E-state index contributed by atoms with van der Waals surface area (Å²) < 4.78 is 1.09. The summed E-state index contributed by atoms with van der Waals surface area (Å²) in [4.78, 5) is 26.8. The van der Waals surface area contributed by atoms with Crippen molar-refractivity contribution in [1.82, 2.24) is 5.32 Å². The maximum atomic E-state index is 14.3. The Morgan fingerprint density at radius 1 is 0.706 bits per heavy atom. The standard InChI is InChI=1S/C29H25IN2O2/c30-25-18-16-21(17-19-25)20-26(27(31)33)32-28(34)29(22-10-4-1-5-11-22,23-12-6-2-7-13-23)24-14-8-3-9-15-24/h1-19,26H,20H2,(H2,31,33)(H,32,34)/t26-/m1/s1. The first-order chi connectivity index (χ1) is 16.5. The van der Waals surface area contributed by atoms with E-state index in [4.69, 9.17) is 5.73 Å². The van der Waals surface area contributed by atoms with Gasteiger partial charge in [-0.1, -0.05) is 103 Å². The number of carbonyl (C=O) groups excluding carboxylic acids is 2. The van der Waals surface area contributed by atoms with Crippen molar-refractivity contribution in [3.05, 3.63) is 141 Å². The van der Waals surface area contributed by atoms with Crippen molar-refractivity contribution in [3.8, 4) is 0 Å². The lowest BCUT2D eigenvalue weighted by Crippen LogP contribution is -2.54. The average molecular weight is 560 g/mol. The van der Waals surface area contributed by atoms with Crippen molar-refractivity contribution in [2.45, 2.75) is 17.9 Å². The van der Waals surface area contributed by atoms with Gasteiger partial charge in [-0.15, -0.1) is 0 Å². The van der Waals surface area contributed by atoms with Gasteiger partial charge < -0.3 is 11.1 Å². The number of hydrogen-bond acceptors (Lipinski definition) is 2. The first-order valence-corrected chi connectivity index (χ1v) is 12.1. The van der Waals surface area contributed by atoms with Crippen LogP contribution in [0.1, 0.15) is 22.3 Å². The summed E-state index contributed by atoms with van der Waals surface area (Å²) >= 11 is 2.23. The molecular formula is C29H25IN2O2. The minimum atomic E-state index is -1.16. The second-order valence-electron chi connectivity index (χ2n) is 8.11. The molecule has 0 aliphatic heterocycles. The van der Waals surface area contributed by atoms with Gasteiger partial charge in [0.1, 0.15) is 11.5 Å². The number of halogens is 1. The van der Waals surface area contributed by atoms with Crippen LogP contribution in [0.2, 0.25) is 0 Å². The van der Waals surface area contributed by atoms with Crippen molar-refractivity contribution in [3.63, 3.8) is 0 Å². The first kappa shape index (κ1) is 23.7. The molecule has 4 rings (SSSR count). The second-order valence-corrected chi connectivity index (χ2v) is 9.35. The number of nitrogens with two attached hydrogens (primary N) is 1. The molecule has 5 heteroatoms. The topological polar surface area (TPSA) is 72.2 Å². The molecule has 0 saturated heterocycles. The third-order valence-electron chi connectivity index (χ3n) is 5.96. The molecule has 0 saturated carbocycles. The number of benzene rings is 4. The van der Waals surface area contributed by atoms with Crippen LogP contribution in [0.15, 0.2) is 115 Å². The highest BCUT2D eigenvalue weighted by Gasteiger charge is 2.44. The van der Waals surface area contributed by atoms with Gasteiger partial charge in [0.15, 0.2) is 0 Å². The number of amides is 2. The lowest BCUT2D eigenvalue weighted by atomic mass is 9.68. The van der Waals surface area contributed by atoms with E-state index in [9.17, 15) is 9.59 Å². The van der Waals surface area contributed by atoms with E-state index in [1.54, 1.807) is 0 Å². The van der Waals surface area contributed by atoms with Crippen LogP contribution in [0.5, 0.6) is 0 Å². The van der Waals surface area contributed by atoms with Gasteiger partial charge in [0.25, 0.3) is 0 Å². The molecule has 3 N–H and O–H groups in total. The van der Waals surface area contributed by atoms with Gasteiger partial charge in [-0.25, -0.2) is 0 Å². The van der Waals surface area contributed by atoms with Crippen LogP contribution in [0.25, 0.3) is 0 Å². The SMILES string of the molecule is NC(=O)[C@@H](Cc1ccc(I)cc1)NC(=O)C(c1ccccc1)(c1ccccc1)c1ccccc1. The van der Waals surface area contributed by atoms with Gasteiger partial charge in [-0.05, 0) is 57.0 Å². The number of primary amides is 1. The Morgan fingerprint density at radius 3 is 1.50 bits per heavy atom. The Kier molecular flexibility index (Phi) is 7.43. The Balaban J connectivity index is 1.83. The van der Waals surface area contributed by atoms with Crippen LogP contribution in [-0.2, 0) is 21.4 Å². The Bertz CT molecular complexity index is 1150. The van der Waals surface area contributed by atoms with Crippen LogP contribution < -0.4 is 11.1 Å².